The summed E-state index contributed by atoms with van der Waals surface area (Å²) >= 11 is 0. The summed E-state index contributed by atoms with van der Waals surface area (Å²) in [5.74, 6) is 0.528. The van der Waals surface area contributed by atoms with Crippen molar-refractivity contribution in [2.75, 3.05) is 0 Å². The number of rotatable bonds is 7. The van der Waals surface area contributed by atoms with Gasteiger partial charge in [0.05, 0.1) is 16.9 Å². The summed E-state index contributed by atoms with van der Waals surface area (Å²) < 4.78 is 7.17. The van der Waals surface area contributed by atoms with Gasteiger partial charge in [0, 0.05) is 0 Å². The lowest BCUT2D eigenvalue weighted by Crippen LogP contribution is -2.72. The third-order valence-electron chi connectivity index (χ3n) is 16.3. The minimum Gasteiger partial charge on any atom is -0.481 e. The molecule has 6 rings (SSSR count). The second kappa shape index (κ2) is 9.30. The fourth-order valence-electron chi connectivity index (χ4n) is 13.5. The van der Waals surface area contributed by atoms with Crippen molar-refractivity contribution in [3.63, 3.8) is 0 Å². The molecule has 1 N–H and O–H groups in total. The van der Waals surface area contributed by atoms with Crippen LogP contribution in [-0.2, 0) is 14.0 Å². The average molecular weight is 597 g/mol. The quantitative estimate of drug-likeness (QED) is 0.181. The molecule has 0 aromatic heterocycles. The molecule has 5 saturated carbocycles. The first-order chi connectivity index (χ1) is 19.5. The summed E-state index contributed by atoms with van der Waals surface area (Å²) in [6.07, 6.45) is 14.3. The Morgan fingerprint density at radius 1 is 0.905 bits per heavy atom. The van der Waals surface area contributed by atoms with Gasteiger partial charge >= 0.3 is 5.97 Å². The number of carboxylic acids is 1. The summed E-state index contributed by atoms with van der Waals surface area (Å²) in [5.41, 5.74) is 1.15. The molecule has 0 saturated heterocycles. The fraction of sp³-hybridized carbons (Fsp3) is 0.892. The molecule has 6 aliphatic rings. The molecule has 0 aromatic rings. The van der Waals surface area contributed by atoms with Crippen LogP contribution in [0.2, 0.25) is 18.1 Å². The van der Waals surface area contributed by atoms with Crippen molar-refractivity contribution in [1.29, 1.82) is 0 Å². The van der Waals surface area contributed by atoms with Crippen LogP contribution in [0.1, 0.15) is 127 Å². The van der Waals surface area contributed by atoms with E-state index in [9.17, 15) is 14.7 Å². The molecule has 0 radical (unpaired) electrons. The van der Waals surface area contributed by atoms with Gasteiger partial charge in [0.1, 0.15) is 6.29 Å². The van der Waals surface area contributed by atoms with Gasteiger partial charge in [-0.25, -0.2) is 0 Å². The average Bonchev–Trinajstić information content (AvgIpc) is 3.07. The van der Waals surface area contributed by atoms with Crippen molar-refractivity contribution in [2.24, 2.45) is 55.7 Å². The standard InChI is InChI=1S/C37H60O4Si/c1-10-42(11-2,12-3)41-29-14-15-33(7)27(34(29,8)24-38)13-16-37-28(33)23-32(37,6)22-25-26-21-31(4,5)17-19-36(26,30(39)40)20-18-35(25,37)9/h22,24,26-29H,10-21,23H2,1-9H3,(H,39,40)/t26?,27-,28?,29+,32?,33?,34?,35-,36+,37?/m1/s1. The Balaban J connectivity index is 1.37. The monoisotopic (exact) mass is 596 g/mol. The highest BCUT2D eigenvalue weighted by Gasteiger charge is 2.81. The highest BCUT2D eigenvalue weighted by molar-refractivity contribution is 6.73. The number of carbonyl (C=O) groups excluding carboxylic acids is 1. The van der Waals surface area contributed by atoms with Crippen LogP contribution in [0.15, 0.2) is 11.6 Å². The van der Waals surface area contributed by atoms with Gasteiger partial charge in [-0.05, 0) is 127 Å². The second-order valence-corrected chi connectivity index (χ2v) is 22.7. The van der Waals surface area contributed by atoms with Crippen LogP contribution in [-0.4, -0.2) is 31.8 Å². The molecule has 1 spiro atoms. The summed E-state index contributed by atoms with van der Waals surface area (Å²) in [6, 6.07) is 3.38. The molecule has 0 aliphatic heterocycles. The third-order valence-corrected chi connectivity index (χ3v) is 20.9. The predicted molar refractivity (Wildman–Crippen MR) is 172 cm³/mol. The Kier molecular flexibility index (Phi) is 6.88. The molecule has 4 nitrogen and oxygen atoms in total. The maximum absolute atomic E-state index is 13.2. The summed E-state index contributed by atoms with van der Waals surface area (Å²) in [4.78, 5) is 26.2. The molecule has 0 heterocycles. The van der Waals surface area contributed by atoms with Crippen LogP contribution in [0.25, 0.3) is 0 Å². The molecule has 5 fully saturated rings. The van der Waals surface area contributed by atoms with Gasteiger partial charge in [-0.3, -0.25) is 4.79 Å². The second-order valence-electron chi connectivity index (χ2n) is 17.9. The molecular formula is C37H60O4Si. The first-order valence-electron chi connectivity index (χ1n) is 17.6. The Morgan fingerprint density at radius 2 is 1.55 bits per heavy atom. The number of hydrogen-bond donors (Lipinski definition) is 1. The number of hydrogen-bond acceptors (Lipinski definition) is 3. The minimum atomic E-state index is -1.84. The van der Waals surface area contributed by atoms with Crippen LogP contribution in [0.4, 0.5) is 0 Å². The van der Waals surface area contributed by atoms with E-state index >= 15 is 0 Å². The molecule has 0 bridgehead atoms. The molecule has 6 aliphatic carbocycles. The number of allylic oxidation sites excluding steroid dienone is 2. The van der Waals surface area contributed by atoms with Crippen molar-refractivity contribution in [2.45, 2.75) is 151 Å². The Labute approximate surface area is 257 Å². The molecule has 0 aromatic carbocycles. The molecule has 0 amide bonds. The summed E-state index contributed by atoms with van der Waals surface area (Å²) in [7, 11) is -1.84. The maximum atomic E-state index is 13.2. The van der Waals surface area contributed by atoms with Crippen molar-refractivity contribution in [3.8, 4) is 0 Å². The van der Waals surface area contributed by atoms with Gasteiger partial charge in [0.25, 0.3) is 0 Å². The van der Waals surface area contributed by atoms with Crippen LogP contribution in [0.3, 0.4) is 0 Å². The lowest BCUT2D eigenvalue weighted by molar-refractivity contribution is -0.281. The maximum Gasteiger partial charge on any atom is 0.310 e. The molecule has 42 heavy (non-hydrogen) atoms. The molecule has 236 valence electrons. The van der Waals surface area contributed by atoms with E-state index < -0.39 is 25.1 Å². The number of carbonyl (C=O) groups is 2. The number of aldehydes is 1. The predicted octanol–water partition coefficient (Wildman–Crippen LogP) is 9.44. The topological polar surface area (TPSA) is 63.6 Å². The van der Waals surface area contributed by atoms with Gasteiger partial charge < -0.3 is 14.3 Å². The van der Waals surface area contributed by atoms with E-state index in [1.807, 2.05) is 0 Å². The highest BCUT2D eigenvalue weighted by Crippen LogP contribution is 2.87. The summed E-state index contributed by atoms with van der Waals surface area (Å²) in [5, 5.41) is 10.7. The molecule has 10 atom stereocenters. The van der Waals surface area contributed by atoms with Crippen molar-refractivity contribution < 1.29 is 19.1 Å². The number of carboxylic acid groups (broad SMARTS) is 1. The lowest BCUT2D eigenvalue weighted by atomic mass is 9.27. The first kappa shape index (κ1) is 31.1. The van der Waals surface area contributed by atoms with Gasteiger partial charge in [-0.15, -0.1) is 0 Å². The van der Waals surface area contributed by atoms with Crippen molar-refractivity contribution in [3.05, 3.63) is 11.6 Å². The van der Waals surface area contributed by atoms with E-state index in [4.69, 9.17) is 4.43 Å². The minimum absolute atomic E-state index is 0.0447. The Hall–Kier alpha value is -0.943. The zero-order valence-corrected chi connectivity index (χ0v) is 29.3. The Bertz CT molecular complexity index is 1180. The van der Waals surface area contributed by atoms with Crippen LogP contribution in [0.5, 0.6) is 0 Å². The van der Waals surface area contributed by atoms with E-state index in [2.05, 4.69) is 68.4 Å². The van der Waals surface area contributed by atoms with Crippen LogP contribution < -0.4 is 0 Å². The normalized spacial score (nSPS) is 50.6. The van der Waals surface area contributed by atoms with Crippen LogP contribution >= 0.6 is 0 Å². The number of fused-ring (bicyclic) bond motifs is 5. The highest BCUT2D eigenvalue weighted by atomic mass is 28.4. The van der Waals surface area contributed by atoms with E-state index in [0.717, 1.165) is 75.9 Å². The fourth-order valence-corrected chi connectivity index (χ4v) is 16.4. The molecule has 6 unspecified atom stereocenters. The van der Waals surface area contributed by atoms with Gasteiger partial charge in [0.15, 0.2) is 8.32 Å². The van der Waals surface area contributed by atoms with E-state index in [1.54, 1.807) is 0 Å². The van der Waals surface area contributed by atoms with Gasteiger partial charge in [-0.1, -0.05) is 74.0 Å². The van der Waals surface area contributed by atoms with E-state index in [1.165, 1.54) is 18.3 Å². The summed E-state index contributed by atoms with van der Waals surface area (Å²) in [6.45, 7) is 21.5. The van der Waals surface area contributed by atoms with Crippen molar-refractivity contribution >= 4 is 20.6 Å². The smallest absolute Gasteiger partial charge is 0.310 e. The zero-order chi connectivity index (χ0) is 30.8. The van der Waals surface area contributed by atoms with E-state index in [-0.39, 0.29) is 39.1 Å². The molecule has 5 heteroatoms. The largest absolute Gasteiger partial charge is 0.481 e. The number of aliphatic carboxylic acids is 1. The first-order valence-corrected chi connectivity index (χ1v) is 20.2. The van der Waals surface area contributed by atoms with E-state index in [0.29, 0.717) is 11.8 Å². The van der Waals surface area contributed by atoms with Crippen molar-refractivity contribution in [1.82, 2.24) is 0 Å². The Morgan fingerprint density at radius 3 is 2.14 bits per heavy atom. The van der Waals surface area contributed by atoms with Gasteiger partial charge in [0.2, 0.25) is 0 Å². The SMILES string of the molecule is CC[Si](CC)(CC)O[C@H]1CCC2(C)C3CC4(C)C=C5C6CC(C)(C)CC[C@]6(C(=O)O)CC[C@@]5(C)C34CC[C@H]2C1(C)C=O. The molecular weight excluding hydrogens is 536 g/mol. The van der Waals surface area contributed by atoms with Crippen LogP contribution in [0, 0.1) is 55.7 Å². The van der Waals surface area contributed by atoms with Gasteiger partial charge in [-0.2, -0.15) is 0 Å². The lowest BCUT2D eigenvalue weighted by Gasteiger charge is -2.77. The third kappa shape index (κ3) is 3.50. The zero-order valence-electron chi connectivity index (χ0n) is 28.3.